The molecule has 2 atom stereocenters. The van der Waals surface area contributed by atoms with Crippen molar-refractivity contribution in [3.8, 4) is 5.88 Å². The molecule has 5 heteroatoms. The zero-order chi connectivity index (χ0) is 16.2. The van der Waals surface area contributed by atoms with Crippen molar-refractivity contribution in [2.24, 2.45) is 0 Å². The quantitative estimate of drug-likeness (QED) is 0.871. The molecule has 2 aromatic rings. The summed E-state index contributed by atoms with van der Waals surface area (Å²) in [6, 6.07) is 13.2. The maximum atomic E-state index is 13.1. The van der Waals surface area contributed by atoms with Gasteiger partial charge in [-0.1, -0.05) is 30.3 Å². The summed E-state index contributed by atoms with van der Waals surface area (Å²) in [7, 11) is 0. The Labute approximate surface area is 135 Å². The molecule has 1 aromatic heterocycles. The third kappa shape index (κ3) is 3.19. The highest BCUT2D eigenvalue weighted by Crippen LogP contribution is 2.33. The van der Waals surface area contributed by atoms with Crippen LogP contribution in [0.25, 0.3) is 0 Å². The minimum absolute atomic E-state index is 0.0950. The first-order valence-corrected chi connectivity index (χ1v) is 7.80. The van der Waals surface area contributed by atoms with Gasteiger partial charge in [0.05, 0.1) is 6.54 Å². The molecular formula is C18H20N2O3. The van der Waals surface area contributed by atoms with E-state index in [1.165, 1.54) is 0 Å². The van der Waals surface area contributed by atoms with Gasteiger partial charge in [-0.25, -0.2) is 4.98 Å². The average Bonchev–Trinajstić information content (AvgIpc) is 2.59. The van der Waals surface area contributed by atoms with Crippen LogP contribution < -0.4 is 9.64 Å². The lowest BCUT2D eigenvalue weighted by Gasteiger charge is -2.34. The van der Waals surface area contributed by atoms with Crippen molar-refractivity contribution in [1.82, 2.24) is 4.98 Å². The van der Waals surface area contributed by atoms with Gasteiger partial charge in [0.25, 0.3) is 5.91 Å². The number of pyridine rings is 1. The van der Waals surface area contributed by atoms with E-state index in [1.807, 2.05) is 50.2 Å². The molecule has 3 rings (SSSR count). The van der Waals surface area contributed by atoms with E-state index < -0.39 is 6.10 Å². The minimum atomic E-state index is -0.625. The molecule has 120 valence electrons. The summed E-state index contributed by atoms with van der Waals surface area (Å²) in [5.41, 5.74) is 1.54. The molecular weight excluding hydrogens is 292 g/mol. The van der Waals surface area contributed by atoms with Crippen LogP contribution in [0.1, 0.15) is 25.5 Å². The lowest BCUT2D eigenvalue weighted by Crippen LogP contribution is -2.45. The number of aromatic nitrogens is 1. The number of hydrogen-bond donors (Lipinski definition) is 0. The summed E-state index contributed by atoms with van der Waals surface area (Å²) >= 11 is 0. The summed E-state index contributed by atoms with van der Waals surface area (Å²) in [6.07, 6.45) is 0.926. The molecule has 1 amide bonds. The van der Waals surface area contributed by atoms with Gasteiger partial charge >= 0.3 is 0 Å². The van der Waals surface area contributed by atoms with Crippen molar-refractivity contribution in [3.05, 3.63) is 54.2 Å². The third-order valence-corrected chi connectivity index (χ3v) is 3.72. The van der Waals surface area contributed by atoms with Crippen molar-refractivity contribution in [2.75, 3.05) is 18.1 Å². The summed E-state index contributed by atoms with van der Waals surface area (Å²) in [4.78, 5) is 19.1. The number of anilines is 1. The van der Waals surface area contributed by atoms with Crippen LogP contribution in [0.2, 0.25) is 0 Å². The largest absolute Gasteiger partial charge is 0.471 e. The van der Waals surface area contributed by atoms with Crippen LogP contribution in [-0.4, -0.2) is 30.1 Å². The van der Waals surface area contributed by atoms with Crippen molar-refractivity contribution in [2.45, 2.75) is 26.1 Å². The topological polar surface area (TPSA) is 51.7 Å². The van der Waals surface area contributed by atoms with Crippen LogP contribution >= 0.6 is 0 Å². The highest BCUT2D eigenvalue weighted by atomic mass is 16.5. The number of nitrogens with zero attached hydrogens (tertiary/aromatic N) is 2. The number of rotatable bonds is 4. The Morgan fingerprint density at radius 2 is 2.13 bits per heavy atom. The van der Waals surface area contributed by atoms with Gasteiger partial charge in [0.2, 0.25) is 5.88 Å². The van der Waals surface area contributed by atoms with Gasteiger partial charge in [0, 0.05) is 12.8 Å². The van der Waals surface area contributed by atoms with Crippen molar-refractivity contribution in [3.63, 3.8) is 0 Å². The van der Waals surface area contributed by atoms with Gasteiger partial charge < -0.3 is 14.4 Å². The number of carbonyl (C=O) groups is 1. The Morgan fingerprint density at radius 1 is 1.35 bits per heavy atom. The monoisotopic (exact) mass is 312 g/mol. The van der Waals surface area contributed by atoms with Crippen LogP contribution in [0, 0.1) is 0 Å². The van der Waals surface area contributed by atoms with Gasteiger partial charge in [0.1, 0.15) is 11.8 Å². The smallest absolute Gasteiger partial charge is 0.261 e. The number of ether oxygens (including phenoxy) is 2. The van der Waals surface area contributed by atoms with Gasteiger partial charge in [-0.3, -0.25) is 4.79 Å². The lowest BCUT2D eigenvalue weighted by atomic mass is 10.1. The van der Waals surface area contributed by atoms with E-state index in [4.69, 9.17) is 9.47 Å². The molecule has 0 saturated heterocycles. The SMILES string of the molecule is CCOC(C(=O)N1CC(C)Oc2ncccc21)c1ccccc1. The van der Waals surface area contributed by atoms with Gasteiger partial charge in [-0.2, -0.15) is 0 Å². The zero-order valence-corrected chi connectivity index (χ0v) is 13.3. The molecule has 1 aliphatic heterocycles. The molecule has 0 N–H and O–H groups in total. The fourth-order valence-electron chi connectivity index (χ4n) is 2.72. The summed E-state index contributed by atoms with van der Waals surface area (Å²) in [5.74, 6) is 0.394. The van der Waals surface area contributed by atoms with Crippen LogP contribution in [0.15, 0.2) is 48.7 Å². The minimum Gasteiger partial charge on any atom is -0.471 e. The van der Waals surface area contributed by atoms with Crippen molar-refractivity contribution < 1.29 is 14.3 Å². The van der Waals surface area contributed by atoms with E-state index in [1.54, 1.807) is 17.2 Å². The predicted molar refractivity (Wildman–Crippen MR) is 87.5 cm³/mol. The molecule has 0 aliphatic carbocycles. The first kappa shape index (κ1) is 15.5. The first-order chi connectivity index (χ1) is 11.2. The molecule has 0 fully saturated rings. The highest BCUT2D eigenvalue weighted by molar-refractivity contribution is 5.98. The molecule has 1 aliphatic rings. The number of amides is 1. The fourth-order valence-corrected chi connectivity index (χ4v) is 2.72. The second kappa shape index (κ2) is 6.79. The molecule has 0 spiro atoms. The lowest BCUT2D eigenvalue weighted by molar-refractivity contribution is -0.130. The fraction of sp³-hybridized carbons (Fsp3) is 0.333. The molecule has 0 saturated carbocycles. The zero-order valence-electron chi connectivity index (χ0n) is 13.3. The maximum absolute atomic E-state index is 13.1. The van der Waals surface area contributed by atoms with E-state index in [2.05, 4.69) is 4.98 Å². The van der Waals surface area contributed by atoms with E-state index in [0.29, 0.717) is 24.7 Å². The molecule has 23 heavy (non-hydrogen) atoms. The Hall–Kier alpha value is -2.40. The van der Waals surface area contributed by atoms with Crippen LogP contribution in [0.5, 0.6) is 5.88 Å². The van der Waals surface area contributed by atoms with Gasteiger partial charge in [0.15, 0.2) is 6.10 Å². The van der Waals surface area contributed by atoms with Crippen LogP contribution in [0.4, 0.5) is 5.69 Å². The summed E-state index contributed by atoms with van der Waals surface area (Å²) in [6.45, 7) is 4.76. The van der Waals surface area contributed by atoms with E-state index in [-0.39, 0.29) is 12.0 Å². The van der Waals surface area contributed by atoms with Gasteiger partial charge in [-0.15, -0.1) is 0 Å². The van der Waals surface area contributed by atoms with Crippen molar-refractivity contribution >= 4 is 11.6 Å². The number of carbonyl (C=O) groups excluding carboxylic acids is 1. The molecule has 2 heterocycles. The average molecular weight is 312 g/mol. The molecule has 0 radical (unpaired) electrons. The predicted octanol–water partition coefficient (Wildman–Crippen LogP) is 2.97. The van der Waals surface area contributed by atoms with Gasteiger partial charge in [-0.05, 0) is 31.5 Å². The standard InChI is InChI=1S/C18H20N2O3/c1-3-22-16(14-8-5-4-6-9-14)18(21)20-12-13(2)23-17-15(20)10-7-11-19-17/h4-11,13,16H,3,12H2,1-2H3. The Bertz CT molecular complexity index is 675. The summed E-state index contributed by atoms with van der Waals surface area (Å²) in [5, 5.41) is 0. The molecule has 2 unspecified atom stereocenters. The maximum Gasteiger partial charge on any atom is 0.261 e. The van der Waals surface area contributed by atoms with E-state index >= 15 is 0 Å². The number of benzene rings is 1. The second-order valence-electron chi connectivity index (χ2n) is 5.45. The number of fused-ring (bicyclic) bond motifs is 1. The number of hydrogen-bond acceptors (Lipinski definition) is 4. The van der Waals surface area contributed by atoms with E-state index in [0.717, 1.165) is 5.56 Å². The third-order valence-electron chi connectivity index (χ3n) is 3.72. The van der Waals surface area contributed by atoms with Crippen LogP contribution in [0.3, 0.4) is 0 Å². The second-order valence-corrected chi connectivity index (χ2v) is 5.45. The Kier molecular flexibility index (Phi) is 4.57. The first-order valence-electron chi connectivity index (χ1n) is 7.80. The van der Waals surface area contributed by atoms with Crippen molar-refractivity contribution in [1.29, 1.82) is 0 Å². The molecule has 0 bridgehead atoms. The molecule has 1 aromatic carbocycles. The highest BCUT2D eigenvalue weighted by Gasteiger charge is 2.33. The molecule has 5 nitrogen and oxygen atoms in total. The van der Waals surface area contributed by atoms with Crippen LogP contribution in [-0.2, 0) is 9.53 Å². The van der Waals surface area contributed by atoms with E-state index in [9.17, 15) is 4.79 Å². The normalized spacial score (nSPS) is 18.0. The Balaban J connectivity index is 1.94. The summed E-state index contributed by atoms with van der Waals surface area (Å²) < 4.78 is 11.5. The Morgan fingerprint density at radius 3 is 2.87 bits per heavy atom.